The number of hydrogen-bond acceptors (Lipinski definition) is 5. The number of imide groups is 1. The van der Waals surface area contributed by atoms with E-state index in [0.29, 0.717) is 17.8 Å². The monoisotopic (exact) mass is 342 g/mol. The third-order valence-corrected chi connectivity index (χ3v) is 3.34. The summed E-state index contributed by atoms with van der Waals surface area (Å²) >= 11 is 0. The molecule has 2 rings (SSSR count). The Morgan fingerprint density at radius 1 is 1.12 bits per heavy atom. The molecular formula is C17H18N4O4. The van der Waals surface area contributed by atoms with Gasteiger partial charge in [0.15, 0.2) is 0 Å². The van der Waals surface area contributed by atoms with Crippen LogP contribution in [0.3, 0.4) is 0 Å². The Morgan fingerprint density at radius 2 is 1.84 bits per heavy atom. The normalized spacial score (nSPS) is 11.2. The number of anilines is 1. The van der Waals surface area contributed by atoms with E-state index in [9.17, 15) is 19.7 Å². The van der Waals surface area contributed by atoms with Gasteiger partial charge in [0.1, 0.15) is 6.04 Å². The van der Waals surface area contributed by atoms with E-state index < -0.39 is 22.9 Å². The topological polar surface area (TPSA) is 113 Å². The molecule has 3 amide bonds. The lowest BCUT2D eigenvalue weighted by molar-refractivity contribution is -0.384. The molecule has 8 heteroatoms. The highest BCUT2D eigenvalue weighted by Crippen LogP contribution is 2.23. The second-order valence-electron chi connectivity index (χ2n) is 5.14. The third kappa shape index (κ3) is 5.03. The molecule has 0 aliphatic rings. The molecule has 0 aliphatic carbocycles. The van der Waals surface area contributed by atoms with Crippen LogP contribution in [0.5, 0.6) is 0 Å². The van der Waals surface area contributed by atoms with Gasteiger partial charge in [-0.25, -0.2) is 4.79 Å². The van der Waals surface area contributed by atoms with Gasteiger partial charge >= 0.3 is 6.03 Å². The zero-order valence-electron chi connectivity index (χ0n) is 13.6. The fourth-order valence-corrected chi connectivity index (χ4v) is 2.21. The van der Waals surface area contributed by atoms with Gasteiger partial charge < -0.3 is 10.6 Å². The van der Waals surface area contributed by atoms with Gasteiger partial charge in [-0.15, -0.1) is 0 Å². The molecule has 8 nitrogen and oxygen atoms in total. The van der Waals surface area contributed by atoms with Gasteiger partial charge in [0, 0.05) is 24.4 Å². The molecule has 0 saturated carbocycles. The van der Waals surface area contributed by atoms with Gasteiger partial charge in [0.2, 0.25) is 0 Å². The Labute approximate surface area is 144 Å². The number of urea groups is 1. The summed E-state index contributed by atoms with van der Waals surface area (Å²) in [7, 11) is 0. The summed E-state index contributed by atoms with van der Waals surface area (Å²) < 4.78 is 0. The molecule has 0 aliphatic heterocycles. The molecule has 25 heavy (non-hydrogen) atoms. The number of nitrogens with zero attached hydrogens (tertiary/aromatic N) is 1. The fraction of sp³-hybridized carbons (Fsp3) is 0.176. The van der Waals surface area contributed by atoms with Gasteiger partial charge in [-0.3, -0.25) is 20.2 Å². The number of carbonyl (C=O) groups excluding carboxylic acids is 2. The molecule has 0 fully saturated rings. The first kappa shape index (κ1) is 17.9. The lowest BCUT2D eigenvalue weighted by Crippen LogP contribution is -2.43. The number of non-ortho nitro benzene ring substituents is 1. The van der Waals surface area contributed by atoms with E-state index in [0.717, 1.165) is 0 Å². The zero-order chi connectivity index (χ0) is 18.2. The molecule has 2 aromatic rings. The van der Waals surface area contributed by atoms with Crippen molar-refractivity contribution in [3.05, 3.63) is 70.3 Å². The van der Waals surface area contributed by atoms with Crippen LogP contribution in [0.4, 0.5) is 16.2 Å². The van der Waals surface area contributed by atoms with E-state index in [-0.39, 0.29) is 5.69 Å². The Morgan fingerprint density at radius 3 is 2.48 bits per heavy atom. The van der Waals surface area contributed by atoms with Crippen molar-refractivity contribution in [3.63, 3.8) is 0 Å². The van der Waals surface area contributed by atoms with Crippen LogP contribution < -0.4 is 16.0 Å². The summed E-state index contributed by atoms with van der Waals surface area (Å²) in [6, 6.07) is 13.1. The number of amides is 3. The molecule has 3 N–H and O–H groups in total. The van der Waals surface area contributed by atoms with Crippen LogP contribution >= 0.6 is 0 Å². The number of nitrogens with one attached hydrogen (secondary N) is 3. The smallest absolute Gasteiger partial charge is 0.321 e. The van der Waals surface area contributed by atoms with E-state index >= 15 is 0 Å². The molecule has 0 saturated heterocycles. The first-order valence-corrected chi connectivity index (χ1v) is 7.66. The third-order valence-electron chi connectivity index (χ3n) is 3.34. The molecule has 0 heterocycles. The molecule has 0 unspecified atom stereocenters. The molecule has 0 aromatic heterocycles. The predicted octanol–water partition coefficient (Wildman–Crippen LogP) is 2.59. The number of nitro groups is 1. The van der Waals surface area contributed by atoms with Gasteiger partial charge in [-0.2, -0.15) is 0 Å². The van der Waals surface area contributed by atoms with Gasteiger partial charge in [0.25, 0.3) is 11.6 Å². The Hall–Kier alpha value is -3.42. The predicted molar refractivity (Wildman–Crippen MR) is 93.1 cm³/mol. The van der Waals surface area contributed by atoms with E-state index in [1.807, 2.05) is 0 Å². The average Bonchev–Trinajstić information content (AvgIpc) is 2.60. The Bertz CT molecular complexity index is 764. The molecule has 0 bridgehead atoms. The SMILES string of the molecule is CCNC(=O)NC(=O)[C@H](Nc1cccc([N+](=O)[O-])c1)c1ccccc1. The van der Waals surface area contributed by atoms with Crippen LogP contribution in [0, 0.1) is 10.1 Å². The summed E-state index contributed by atoms with van der Waals surface area (Å²) in [4.78, 5) is 34.5. The lowest BCUT2D eigenvalue weighted by Gasteiger charge is -2.19. The van der Waals surface area contributed by atoms with Crippen molar-refractivity contribution >= 4 is 23.3 Å². The van der Waals surface area contributed by atoms with Gasteiger partial charge in [0.05, 0.1) is 4.92 Å². The summed E-state index contributed by atoms with van der Waals surface area (Å²) in [5.74, 6) is -0.566. The van der Waals surface area contributed by atoms with Crippen LogP contribution in [0.2, 0.25) is 0 Å². The maximum Gasteiger partial charge on any atom is 0.321 e. The number of nitro benzene ring substituents is 1. The minimum absolute atomic E-state index is 0.0963. The quantitative estimate of drug-likeness (QED) is 0.551. The maximum absolute atomic E-state index is 12.5. The van der Waals surface area contributed by atoms with Crippen molar-refractivity contribution in [1.29, 1.82) is 0 Å². The van der Waals surface area contributed by atoms with E-state index in [1.165, 1.54) is 18.2 Å². The second-order valence-corrected chi connectivity index (χ2v) is 5.14. The number of hydrogen-bond donors (Lipinski definition) is 3. The van der Waals surface area contributed by atoms with Crippen LogP contribution in [-0.4, -0.2) is 23.4 Å². The molecule has 2 aromatic carbocycles. The fourth-order valence-electron chi connectivity index (χ4n) is 2.21. The van der Waals surface area contributed by atoms with Gasteiger partial charge in [-0.1, -0.05) is 36.4 Å². The standard InChI is InChI=1S/C17H18N4O4/c1-2-18-17(23)20-16(22)15(12-7-4-3-5-8-12)19-13-9-6-10-14(11-13)21(24)25/h3-11,15,19H,2H2,1H3,(H2,18,20,22,23)/t15-/m1/s1. The highest BCUT2D eigenvalue weighted by atomic mass is 16.6. The Balaban J connectivity index is 2.26. The van der Waals surface area contributed by atoms with E-state index in [1.54, 1.807) is 43.3 Å². The van der Waals surface area contributed by atoms with Crippen LogP contribution in [0.15, 0.2) is 54.6 Å². The van der Waals surface area contributed by atoms with Crippen molar-refractivity contribution in [3.8, 4) is 0 Å². The van der Waals surface area contributed by atoms with E-state index in [4.69, 9.17) is 0 Å². The average molecular weight is 342 g/mol. The lowest BCUT2D eigenvalue weighted by atomic mass is 10.1. The van der Waals surface area contributed by atoms with Crippen LogP contribution in [0.25, 0.3) is 0 Å². The minimum Gasteiger partial charge on any atom is -0.370 e. The molecule has 0 spiro atoms. The minimum atomic E-state index is -0.884. The number of carbonyl (C=O) groups is 2. The van der Waals surface area contributed by atoms with Crippen LogP contribution in [-0.2, 0) is 4.79 Å². The first-order valence-electron chi connectivity index (χ1n) is 7.66. The van der Waals surface area contributed by atoms with Crippen molar-refractivity contribution in [1.82, 2.24) is 10.6 Å². The van der Waals surface area contributed by atoms with Crippen molar-refractivity contribution in [2.75, 3.05) is 11.9 Å². The first-order chi connectivity index (χ1) is 12.0. The van der Waals surface area contributed by atoms with Crippen LogP contribution in [0.1, 0.15) is 18.5 Å². The molecular weight excluding hydrogens is 324 g/mol. The highest BCUT2D eigenvalue weighted by molar-refractivity contribution is 5.98. The summed E-state index contributed by atoms with van der Waals surface area (Å²) in [5.41, 5.74) is 0.922. The summed E-state index contributed by atoms with van der Waals surface area (Å²) in [6.45, 7) is 2.12. The molecule has 0 radical (unpaired) electrons. The summed E-state index contributed by atoms with van der Waals surface area (Å²) in [6.07, 6.45) is 0. The van der Waals surface area contributed by atoms with E-state index in [2.05, 4.69) is 16.0 Å². The molecule has 1 atom stereocenters. The summed E-state index contributed by atoms with van der Waals surface area (Å²) in [5, 5.41) is 18.6. The number of benzene rings is 2. The van der Waals surface area contributed by atoms with Crippen molar-refractivity contribution in [2.24, 2.45) is 0 Å². The Kier molecular flexibility index (Phi) is 6.05. The maximum atomic E-state index is 12.5. The van der Waals surface area contributed by atoms with Crippen molar-refractivity contribution in [2.45, 2.75) is 13.0 Å². The molecule has 130 valence electrons. The highest BCUT2D eigenvalue weighted by Gasteiger charge is 2.22. The zero-order valence-corrected chi connectivity index (χ0v) is 13.6. The number of rotatable bonds is 6. The van der Waals surface area contributed by atoms with Crippen molar-refractivity contribution < 1.29 is 14.5 Å². The largest absolute Gasteiger partial charge is 0.370 e. The second kappa shape index (κ2) is 8.44. The van der Waals surface area contributed by atoms with Gasteiger partial charge in [-0.05, 0) is 18.6 Å².